The van der Waals surface area contributed by atoms with Crippen molar-refractivity contribution in [3.63, 3.8) is 0 Å². The summed E-state index contributed by atoms with van der Waals surface area (Å²) in [6.45, 7) is 3.39. The third kappa shape index (κ3) is 4.64. The Morgan fingerprint density at radius 2 is 1.97 bits per heavy atom. The fourth-order valence-corrected chi connectivity index (χ4v) is 4.65. The van der Waals surface area contributed by atoms with Crippen LogP contribution >= 0.6 is 0 Å². The zero-order chi connectivity index (χ0) is 21.4. The van der Waals surface area contributed by atoms with Gasteiger partial charge in [-0.25, -0.2) is 17.9 Å². The first-order chi connectivity index (χ1) is 13.5. The number of esters is 1. The standard InChI is InChI=1S/C19H21F3N2O4S/c1-3-28-18(25)16-10-17(23-11(16)2)29(26,27)24-15-8-13(9-15)12-5-4-6-14(7-12)19(20,21)22/h4-7,10,13,15,23-24H,3,8-9H2,1-2H3. The lowest BCUT2D eigenvalue weighted by atomic mass is 9.76. The Kier molecular flexibility index (Phi) is 5.77. The van der Waals surface area contributed by atoms with Gasteiger partial charge in [-0.15, -0.1) is 0 Å². The van der Waals surface area contributed by atoms with E-state index in [2.05, 4.69) is 9.71 Å². The van der Waals surface area contributed by atoms with Crippen molar-refractivity contribution in [2.24, 2.45) is 0 Å². The molecule has 1 aromatic heterocycles. The van der Waals surface area contributed by atoms with Crippen molar-refractivity contribution in [1.82, 2.24) is 9.71 Å². The molecule has 2 N–H and O–H groups in total. The van der Waals surface area contributed by atoms with Gasteiger partial charge in [0.25, 0.3) is 10.0 Å². The van der Waals surface area contributed by atoms with Gasteiger partial charge in [-0.3, -0.25) is 0 Å². The van der Waals surface area contributed by atoms with Crippen LogP contribution in [0.1, 0.15) is 52.9 Å². The SMILES string of the molecule is CCOC(=O)c1cc(S(=O)(=O)NC2CC(c3cccc(C(F)(F)F)c3)C2)[nH]c1C. The molecule has 1 aliphatic rings. The summed E-state index contributed by atoms with van der Waals surface area (Å²) in [5.74, 6) is -0.763. The van der Waals surface area contributed by atoms with E-state index in [1.54, 1.807) is 19.9 Å². The normalized spacial score (nSPS) is 19.6. The Labute approximate surface area is 166 Å². The molecule has 6 nitrogen and oxygen atoms in total. The number of aromatic nitrogens is 1. The molecule has 0 aliphatic heterocycles. The minimum Gasteiger partial charge on any atom is -0.462 e. The predicted molar refractivity (Wildman–Crippen MR) is 99.0 cm³/mol. The number of ether oxygens (including phenoxy) is 1. The fraction of sp³-hybridized carbons (Fsp3) is 0.421. The summed E-state index contributed by atoms with van der Waals surface area (Å²) in [6, 6.07) is 5.92. The molecular weight excluding hydrogens is 409 g/mol. The lowest BCUT2D eigenvalue weighted by molar-refractivity contribution is -0.137. The van der Waals surface area contributed by atoms with E-state index in [9.17, 15) is 26.4 Å². The van der Waals surface area contributed by atoms with Crippen LogP contribution in [0.25, 0.3) is 0 Å². The summed E-state index contributed by atoms with van der Waals surface area (Å²) in [7, 11) is -3.90. The van der Waals surface area contributed by atoms with E-state index < -0.39 is 33.8 Å². The van der Waals surface area contributed by atoms with Crippen LogP contribution in [-0.4, -0.2) is 32.0 Å². The highest BCUT2D eigenvalue weighted by atomic mass is 32.2. The minimum atomic E-state index is -4.41. The molecule has 2 aromatic rings. The molecule has 10 heteroatoms. The van der Waals surface area contributed by atoms with E-state index >= 15 is 0 Å². The number of sulfonamides is 1. The number of nitrogens with one attached hydrogen (secondary N) is 2. The van der Waals surface area contributed by atoms with Crippen molar-refractivity contribution in [3.8, 4) is 0 Å². The van der Waals surface area contributed by atoms with E-state index in [1.807, 2.05) is 0 Å². The Hall–Kier alpha value is -2.33. The van der Waals surface area contributed by atoms with Gasteiger partial charge in [0, 0.05) is 11.7 Å². The largest absolute Gasteiger partial charge is 0.462 e. The molecule has 1 aromatic carbocycles. The molecule has 1 saturated carbocycles. The van der Waals surface area contributed by atoms with E-state index in [4.69, 9.17) is 4.74 Å². The zero-order valence-electron chi connectivity index (χ0n) is 15.8. The molecule has 0 saturated heterocycles. The molecule has 1 fully saturated rings. The Balaban J connectivity index is 1.65. The van der Waals surface area contributed by atoms with Gasteiger partial charge in [0.2, 0.25) is 0 Å². The van der Waals surface area contributed by atoms with Gasteiger partial charge in [0.1, 0.15) is 5.03 Å². The van der Waals surface area contributed by atoms with Crippen molar-refractivity contribution < 1.29 is 31.1 Å². The van der Waals surface area contributed by atoms with E-state index in [1.165, 1.54) is 12.1 Å². The van der Waals surface area contributed by atoms with Crippen LogP contribution in [0, 0.1) is 6.92 Å². The number of rotatable bonds is 6. The van der Waals surface area contributed by atoms with Crippen molar-refractivity contribution in [1.29, 1.82) is 0 Å². The molecule has 1 heterocycles. The maximum absolute atomic E-state index is 12.9. The van der Waals surface area contributed by atoms with Crippen LogP contribution in [0.3, 0.4) is 0 Å². The van der Waals surface area contributed by atoms with Crippen LogP contribution in [0.15, 0.2) is 35.4 Å². The van der Waals surface area contributed by atoms with Gasteiger partial charge in [0.15, 0.2) is 0 Å². The van der Waals surface area contributed by atoms with Crippen LogP contribution in [0.5, 0.6) is 0 Å². The number of carbonyl (C=O) groups excluding carboxylic acids is 1. The van der Waals surface area contributed by atoms with Gasteiger partial charge in [-0.05, 0) is 50.3 Å². The summed E-state index contributed by atoms with van der Waals surface area (Å²) in [5.41, 5.74) is 0.338. The average molecular weight is 430 g/mol. The lowest BCUT2D eigenvalue weighted by Crippen LogP contribution is -2.43. The second-order valence-electron chi connectivity index (χ2n) is 7.00. The lowest BCUT2D eigenvalue weighted by Gasteiger charge is -2.36. The van der Waals surface area contributed by atoms with Crippen LogP contribution in [0.2, 0.25) is 0 Å². The van der Waals surface area contributed by atoms with E-state index in [0.717, 1.165) is 12.1 Å². The summed E-state index contributed by atoms with van der Waals surface area (Å²) in [4.78, 5) is 14.5. The summed E-state index contributed by atoms with van der Waals surface area (Å²) in [5, 5.41) is -0.152. The Morgan fingerprint density at radius 3 is 2.59 bits per heavy atom. The summed E-state index contributed by atoms with van der Waals surface area (Å²) >= 11 is 0. The Morgan fingerprint density at radius 1 is 1.28 bits per heavy atom. The predicted octanol–water partition coefficient (Wildman–Crippen LogP) is 3.74. The van der Waals surface area contributed by atoms with E-state index in [0.29, 0.717) is 24.1 Å². The van der Waals surface area contributed by atoms with Crippen LogP contribution in [-0.2, 0) is 20.9 Å². The van der Waals surface area contributed by atoms with E-state index in [-0.39, 0.29) is 23.1 Å². The van der Waals surface area contributed by atoms with Gasteiger partial charge in [-0.1, -0.05) is 18.2 Å². The van der Waals surface area contributed by atoms with Crippen molar-refractivity contribution in [2.45, 2.75) is 49.9 Å². The molecule has 0 unspecified atom stereocenters. The summed E-state index contributed by atoms with van der Waals surface area (Å²) < 4.78 is 71.1. The number of halogens is 3. The number of hydrogen-bond acceptors (Lipinski definition) is 4. The molecular formula is C19H21F3N2O4S. The maximum Gasteiger partial charge on any atom is 0.416 e. The van der Waals surface area contributed by atoms with Gasteiger partial charge in [0.05, 0.1) is 17.7 Å². The molecule has 29 heavy (non-hydrogen) atoms. The highest BCUT2D eigenvalue weighted by Crippen LogP contribution is 2.39. The molecule has 0 spiro atoms. The highest BCUT2D eigenvalue weighted by Gasteiger charge is 2.36. The van der Waals surface area contributed by atoms with Gasteiger partial charge in [-0.2, -0.15) is 13.2 Å². The number of aromatic amines is 1. The average Bonchev–Trinajstić information content (AvgIpc) is 3.00. The topological polar surface area (TPSA) is 88.3 Å². The smallest absolute Gasteiger partial charge is 0.416 e. The first-order valence-electron chi connectivity index (χ1n) is 9.07. The second-order valence-corrected chi connectivity index (χ2v) is 8.68. The van der Waals surface area contributed by atoms with Crippen LogP contribution in [0.4, 0.5) is 13.2 Å². The number of carbonyl (C=O) groups is 1. The quantitative estimate of drug-likeness (QED) is 0.684. The number of hydrogen-bond donors (Lipinski definition) is 2. The first kappa shape index (κ1) is 21.4. The highest BCUT2D eigenvalue weighted by molar-refractivity contribution is 7.89. The van der Waals surface area contributed by atoms with Crippen molar-refractivity contribution in [3.05, 3.63) is 52.7 Å². The molecule has 0 radical (unpaired) electrons. The van der Waals surface area contributed by atoms with Crippen molar-refractivity contribution >= 4 is 16.0 Å². The molecule has 3 rings (SSSR count). The molecule has 1 aliphatic carbocycles. The first-order valence-corrected chi connectivity index (χ1v) is 10.6. The van der Waals surface area contributed by atoms with Crippen molar-refractivity contribution in [2.75, 3.05) is 6.61 Å². The maximum atomic E-state index is 12.9. The number of benzene rings is 1. The third-order valence-electron chi connectivity index (χ3n) is 4.92. The monoisotopic (exact) mass is 430 g/mol. The Bertz CT molecular complexity index is 1010. The molecule has 0 amide bonds. The van der Waals surface area contributed by atoms with Gasteiger partial charge < -0.3 is 9.72 Å². The number of alkyl halides is 3. The second kappa shape index (κ2) is 7.83. The van der Waals surface area contributed by atoms with Gasteiger partial charge >= 0.3 is 12.1 Å². The van der Waals surface area contributed by atoms with Crippen LogP contribution < -0.4 is 4.72 Å². The number of H-pyrrole nitrogens is 1. The number of aryl methyl sites for hydroxylation is 1. The minimum absolute atomic E-state index is 0.141. The fourth-order valence-electron chi connectivity index (χ4n) is 3.33. The zero-order valence-corrected chi connectivity index (χ0v) is 16.7. The summed E-state index contributed by atoms with van der Waals surface area (Å²) in [6.07, 6.45) is -3.63. The molecule has 158 valence electrons. The third-order valence-corrected chi connectivity index (χ3v) is 6.36. The molecule has 0 atom stereocenters. The molecule has 0 bridgehead atoms.